The fourth-order valence-corrected chi connectivity index (χ4v) is 3.07. The molecule has 0 aliphatic rings. The van der Waals surface area contributed by atoms with Crippen molar-refractivity contribution in [2.24, 2.45) is 0 Å². The van der Waals surface area contributed by atoms with E-state index in [0.29, 0.717) is 6.54 Å². The number of benzene rings is 1. The molecule has 0 saturated carbocycles. The van der Waals surface area contributed by atoms with Gasteiger partial charge in [-0.05, 0) is 43.7 Å². The Morgan fingerprint density at radius 2 is 1.83 bits per heavy atom. The average molecular weight is 332 g/mol. The minimum absolute atomic E-state index is 0.130. The van der Waals surface area contributed by atoms with Gasteiger partial charge in [-0.2, -0.15) is 0 Å². The monoisotopic (exact) mass is 332 g/mol. The van der Waals surface area contributed by atoms with Crippen LogP contribution < -0.4 is 5.32 Å². The van der Waals surface area contributed by atoms with Gasteiger partial charge in [-0.3, -0.25) is 9.78 Å². The third-order valence-electron chi connectivity index (χ3n) is 3.43. The summed E-state index contributed by atoms with van der Waals surface area (Å²) in [4.78, 5) is 16.3. The Balaban J connectivity index is 1.94. The summed E-state index contributed by atoms with van der Waals surface area (Å²) in [5.74, 6) is -0.130. The van der Waals surface area contributed by atoms with Crippen LogP contribution in [0, 0.1) is 0 Å². The largest absolute Gasteiger partial charge is 0.350 e. The smallest absolute Gasteiger partial charge is 0.224 e. The lowest BCUT2D eigenvalue weighted by atomic mass is 10.1. The van der Waals surface area contributed by atoms with E-state index < -0.39 is 15.1 Å². The molecule has 2 aromatic rings. The Morgan fingerprint density at radius 3 is 2.39 bits per heavy atom. The Bertz CT molecular complexity index is 754. The minimum atomic E-state index is -3.28. The molecule has 2 rings (SSSR count). The highest BCUT2D eigenvalue weighted by atomic mass is 32.2. The van der Waals surface area contributed by atoms with E-state index in [4.69, 9.17) is 0 Å². The highest BCUT2D eigenvalue weighted by Crippen LogP contribution is 2.16. The number of nitrogens with zero attached hydrogens (tertiary/aromatic N) is 1. The molecule has 0 saturated heterocycles. The number of hydrogen-bond acceptors (Lipinski definition) is 4. The van der Waals surface area contributed by atoms with Gasteiger partial charge in [0, 0.05) is 6.20 Å². The van der Waals surface area contributed by atoms with Crippen molar-refractivity contribution in [2.45, 2.75) is 37.0 Å². The van der Waals surface area contributed by atoms with Crippen LogP contribution in [0.2, 0.25) is 0 Å². The molecule has 5 nitrogen and oxygen atoms in total. The predicted octanol–water partition coefficient (Wildman–Crippen LogP) is 2.12. The summed E-state index contributed by atoms with van der Waals surface area (Å²) >= 11 is 0. The molecule has 1 heterocycles. The Hall–Kier alpha value is -2.21. The van der Waals surface area contributed by atoms with Gasteiger partial charge in [0.25, 0.3) is 0 Å². The van der Waals surface area contributed by atoms with Crippen molar-refractivity contribution in [3.63, 3.8) is 0 Å². The van der Waals surface area contributed by atoms with E-state index >= 15 is 0 Å². The molecule has 1 amide bonds. The lowest BCUT2D eigenvalue weighted by molar-refractivity contribution is -0.120. The van der Waals surface area contributed by atoms with Gasteiger partial charge in [-0.1, -0.05) is 18.2 Å². The second kappa shape index (κ2) is 7.37. The highest BCUT2D eigenvalue weighted by Gasteiger charge is 2.18. The average Bonchev–Trinajstić information content (AvgIpc) is 2.54. The highest BCUT2D eigenvalue weighted by molar-refractivity contribution is 7.92. The first kappa shape index (κ1) is 17.1. The summed E-state index contributed by atoms with van der Waals surface area (Å²) in [6.45, 7) is 3.67. The van der Waals surface area contributed by atoms with Gasteiger partial charge in [0.2, 0.25) is 5.91 Å². The molecule has 0 atom stereocenters. The summed E-state index contributed by atoms with van der Waals surface area (Å²) in [5.41, 5.74) is 1.56. The first-order chi connectivity index (χ1) is 10.9. The number of rotatable bonds is 6. The van der Waals surface area contributed by atoms with Crippen LogP contribution in [-0.2, 0) is 27.6 Å². The van der Waals surface area contributed by atoms with Crippen LogP contribution in [0.4, 0.5) is 0 Å². The standard InChI is InChI=1S/C17H20N2O3S/c1-13(2)23(21,22)16-8-6-14(7-9-16)11-17(20)19-12-15-5-3-4-10-18-15/h3-10,13H,11-12H2,1-2H3,(H,19,20). The van der Waals surface area contributed by atoms with E-state index in [9.17, 15) is 13.2 Å². The summed E-state index contributed by atoms with van der Waals surface area (Å²) in [6.07, 6.45) is 1.88. The maximum atomic E-state index is 12.0. The topological polar surface area (TPSA) is 76.1 Å². The van der Waals surface area contributed by atoms with Crippen molar-refractivity contribution in [3.05, 3.63) is 59.9 Å². The fourth-order valence-electron chi connectivity index (χ4n) is 2.01. The number of hydrogen-bond donors (Lipinski definition) is 1. The zero-order chi connectivity index (χ0) is 16.9. The Labute approximate surface area is 136 Å². The molecule has 122 valence electrons. The SMILES string of the molecule is CC(C)S(=O)(=O)c1ccc(CC(=O)NCc2ccccn2)cc1. The summed E-state index contributed by atoms with van der Waals surface area (Å²) in [6, 6.07) is 12.0. The lowest BCUT2D eigenvalue weighted by Gasteiger charge is -2.09. The van der Waals surface area contributed by atoms with E-state index in [1.165, 1.54) is 0 Å². The van der Waals surface area contributed by atoms with Crippen LogP contribution >= 0.6 is 0 Å². The van der Waals surface area contributed by atoms with E-state index in [1.54, 1.807) is 44.3 Å². The molecule has 0 radical (unpaired) electrons. The van der Waals surface area contributed by atoms with Crippen molar-refractivity contribution in [2.75, 3.05) is 0 Å². The van der Waals surface area contributed by atoms with Crippen LogP contribution in [0.3, 0.4) is 0 Å². The maximum Gasteiger partial charge on any atom is 0.224 e. The number of pyridine rings is 1. The van der Waals surface area contributed by atoms with Gasteiger partial charge >= 0.3 is 0 Å². The molecule has 0 spiro atoms. The lowest BCUT2D eigenvalue weighted by Crippen LogP contribution is -2.25. The number of nitrogens with one attached hydrogen (secondary N) is 1. The normalized spacial score (nSPS) is 11.4. The molecular formula is C17H20N2O3S. The van der Waals surface area contributed by atoms with E-state index in [0.717, 1.165) is 11.3 Å². The molecule has 6 heteroatoms. The van der Waals surface area contributed by atoms with Crippen LogP contribution in [-0.4, -0.2) is 24.6 Å². The maximum absolute atomic E-state index is 12.0. The second-order valence-corrected chi connectivity index (χ2v) is 8.02. The number of sulfone groups is 1. The van der Waals surface area contributed by atoms with Crippen LogP contribution in [0.15, 0.2) is 53.6 Å². The molecule has 0 aliphatic heterocycles. The zero-order valence-corrected chi connectivity index (χ0v) is 14.0. The summed E-state index contributed by atoms with van der Waals surface area (Å²) in [5, 5.41) is 2.33. The van der Waals surface area contributed by atoms with Crippen molar-refractivity contribution >= 4 is 15.7 Å². The number of carbonyl (C=O) groups is 1. The number of amides is 1. The van der Waals surface area contributed by atoms with E-state index in [2.05, 4.69) is 10.3 Å². The first-order valence-electron chi connectivity index (χ1n) is 7.39. The number of carbonyl (C=O) groups excluding carboxylic acids is 1. The third kappa shape index (κ3) is 4.63. The predicted molar refractivity (Wildman–Crippen MR) is 88.6 cm³/mol. The number of aromatic nitrogens is 1. The zero-order valence-electron chi connectivity index (χ0n) is 13.2. The van der Waals surface area contributed by atoms with Crippen molar-refractivity contribution < 1.29 is 13.2 Å². The summed E-state index contributed by atoms with van der Waals surface area (Å²) in [7, 11) is -3.28. The van der Waals surface area contributed by atoms with E-state index in [1.807, 2.05) is 18.2 Å². The van der Waals surface area contributed by atoms with Gasteiger partial charge in [0.15, 0.2) is 9.84 Å². The van der Waals surface area contributed by atoms with E-state index in [-0.39, 0.29) is 17.2 Å². The molecule has 1 aromatic carbocycles. The van der Waals surface area contributed by atoms with Crippen LogP contribution in [0.1, 0.15) is 25.1 Å². The van der Waals surface area contributed by atoms with Crippen molar-refractivity contribution in [3.8, 4) is 0 Å². The van der Waals surface area contributed by atoms with Crippen molar-refractivity contribution in [1.29, 1.82) is 0 Å². The van der Waals surface area contributed by atoms with Gasteiger partial charge in [-0.15, -0.1) is 0 Å². The fraction of sp³-hybridized carbons (Fsp3) is 0.294. The molecular weight excluding hydrogens is 312 g/mol. The molecule has 0 bridgehead atoms. The van der Waals surface area contributed by atoms with Gasteiger partial charge in [0.05, 0.1) is 28.8 Å². The van der Waals surface area contributed by atoms with Crippen molar-refractivity contribution in [1.82, 2.24) is 10.3 Å². The quantitative estimate of drug-likeness (QED) is 0.879. The Kier molecular flexibility index (Phi) is 5.50. The molecule has 0 fully saturated rings. The molecule has 1 N–H and O–H groups in total. The van der Waals surface area contributed by atoms with Gasteiger partial charge in [-0.25, -0.2) is 8.42 Å². The molecule has 0 aliphatic carbocycles. The van der Waals surface area contributed by atoms with Crippen LogP contribution in [0.5, 0.6) is 0 Å². The third-order valence-corrected chi connectivity index (χ3v) is 5.60. The minimum Gasteiger partial charge on any atom is -0.350 e. The molecule has 23 heavy (non-hydrogen) atoms. The molecule has 1 aromatic heterocycles. The second-order valence-electron chi connectivity index (χ2n) is 5.51. The van der Waals surface area contributed by atoms with Gasteiger partial charge < -0.3 is 5.32 Å². The summed E-state index contributed by atoms with van der Waals surface area (Å²) < 4.78 is 24.1. The molecule has 0 unspecified atom stereocenters. The first-order valence-corrected chi connectivity index (χ1v) is 8.93. The van der Waals surface area contributed by atoms with Crippen LogP contribution in [0.25, 0.3) is 0 Å². The van der Waals surface area contributed by atoms with Gasteiger partial charge in [0.1, 0.15) is 0 Å². The Morgan fingerprint density at radius 1 is 1.13 bits per heavy atom.